The summed E-state index contributed by atoms with van der Waals surface area (Å²) in [4.78, 5) is 24.0. The maximum Gasteiger partial charge on any atom is 0.118 e. The molecule has 4 nitrogen and oxygen atoms in total. The molecule has 0 atom stereocenters. The Hall–Kier alpha value is -1.28. The van der Waals surface area contributed by atoms with Crippen LogP contribution in [-0.4, -0.2) is 27.5 Å². The molecule has 0 spiro atoms. The summed E-state index contributed by atoms with van der Waals surface area (Å²) < 4.78 is 4.91. The molecule has 0 saturated heterocycles. The van der Waals surface area contributed by atoms with E-state index in [9.17, 15) is 0 Å². The Balaban J connectivity index is -0.0000000755. The van der Waals surface area contributed by atoms with Gasteiger partial charge in [-0.1, -0.05) is 18.2 Å². The number of hydrogen-bond acceptors (Lipinski definition) is 4. The topological polar surface area (TPSA) is 60.4 Å². The van der Waals surface area contributed by atoms with Gasteiger partial charge in [0.05, 0.1) is 7.11 Å². The summed E-state index contributed by atoms with van der Waals surface area (Å²) in [6.07, 6.45) is 0. The van der Waals surface area contributed by atoms with Crippen LogP contribution in [0.4, 0.5) is 0 Å². The first-order chi connectivity index (χ1) is 6.93. The first kappa shape index (κ1) is 23.5. The van der Waals surface area contributed by atoms with Gasteiger partial charge in [0.25, 0.3) is 0 Å². The number of carbonyl (C=O) groups excluding carboxylic acids is 3. The summed E-state index contributed by atoms with van der Waals surface area (Å²) in [5.74, 6) is 0.910. The number of para-hydroxylation sites is 1. The fraction of sp³-hybridized carbons (Fsp3) is 0.100. The van der Waals surface area contributed by atoms with Crippen LogP contribution in [0.25, 0.3) is 0 Å². The third-order valence-electron chi connectivity index (χ3n) is 0.979. The van der Waals surface area contributed by atoms with Crippen LogP contribution < -0.4 is 4.74 Å². The van der Waals surface area contributed by atoms with E-state index in [1.54, 1.807) is 7.11 Å². The van der Waals surface area contributed by atoms with E-state index in [4.69, 9.17) is 19.1 Å². The van der Waals surface area contributed by atoms with E-state index in [0.717, 1.165) is 5.75 Å². The van der Waals surface area contributed by atoms with E-state index in [2.05, 4.69) is 0 Å². The van der Waals surface area contributed by atoms with Crippen LogP contribution in [0.1, 0.15) is 0 Å². The van der Waals surface area contributed by atoms with Gasteiger partial charge in [-0.05, 0) is 12.1 Å². The Kier molecular flexibility index (Phi) is 45.9. The molecular formula is C10H14MoO4. The standard InChI is InChI=1S/C7H8O.3CH2O.Mo/c1-8-7-5-3-2-4-6-7;3*1-2;/h2-6H,1H3;3*1H2;. The first-order valence-electron chi connectivity index (χ1n) is 3.39. The van der Waals surface area contributed by atoms with E-state index in [1.165, 1.54) is 0 Å². The Bertz CT molecular complexity index is 189. The smallest absolute Gasteiger partial charge is 0.118 e. The summed E-state index contributed by atoms with van der Waals surface area (Å²) in [7, 11) is 1.66. The Morgan fingerprint density at radius 2 is 1.20 bits per heavy atom. The van der Waals surface area contributed by atoms with Gasteiger partial charge in [-0.3, -0.25) is 0 Å². The Morgan fingerprint density at radius 3 is 1.40 bits per heavy atom. The minimum absolute atomic E-state index is 0. The zero-order valence-electron chi connectivity index (χ0n) is 8.55. The van der Waals surface area contributed by atoms with Crippen molar-refractivity contribution in [3.8, 4) is 5.75 Å². The average Bonchev–Trinajstić information content (AvgIpc) is 2.37. The van der Waals surface area contributed by atoms with Crippen LogP contribution >= 0.6 is 0 Å². The number of rotatable bonds is 1. The predicted molar refractivity (Wildman–Crippen MR) is 54.4 cm³/mol. The summed E-state index contributed by atoms with van der Waals surface area (Å²) >= 11 is 0. The molecule has 15 heavy (non-hydrogen) atoms. The second kappa shape index (κ2) is 29.3. The van der Waals surface area contributed by atoms with Crippen molar-refractivity contribution in [3.05, 3.63) is 30.3 Å². The van der Waals surface area contributed by atoms with Gasteiger partial charge in [-0.25, -0.2) is 0 Å². The molecule has 1 rings (SSSR count). The molecule has 0 unspecified atom stereocenters. The molecular weight excluding hydrogens is 280 g/mol. The Labute approximate surface area is 104 Å². The van der Waals surface area contributed by atoms with Crippen molar-refractivity contribution in [1.29, 1.82) is 0 Å². The molecule has 0 N–H and O–H groups in total. The first-order valence-corrected chi connectivity index (χ1v) is 3.39. The van der Waals surface area contributed by atoms with Crippen LogP contribution in [0.3, 0.4) is 0 Å². The summed E-state index contributed by atoms with van der Waals surface area (Å²) in [6, 6.07) is 9.68. The summed E-state index contributed by atoms with van der Waals surface area (Å²) in [5.41, 5.74) is 0. The molecule has 0 heterocycles. The molecule has 0 saturated carbocycles. The fourth-order valence-corrected chi connectivity index (χ4v) is 0.557. The minimum Gasteiger partial charge on any atom is -0.497 e. The largest absolute Gasteiger partial charge is 0.497 e. The maximum atomic E-state index is 8.00. The second-order valence-electron chi connectivity index (χ2n) is 1.52. The number of hydrogen-bond donors (Lipinski definition) is 0. The SMILES string of the molecule is C=O.C=O.C=O.COc1ccccc1.[Mo]. The number of benzene rings is 1. The van der Waals surface area contributed by atoms with Gasteiger partial charge in [0.2, 0.25) is 0 Å². The van der Waals surface area contributed by atoms with Crippen molar-refractivity contribution in [2.24, 2.45) is 0 Å². The maximum absolute atomic E-state index is 8.00. The van der Waals surface area contributed by atoms with Gasteiger partial charge >= 0.3 is 0 Å². The minimum atomic E-state index is 0. The van der Waals surface area contributed by atoms with Crippen molar-refractivity contribution in [3.63, 3.8) is 0 Å². The van der Waals surface area contributed by atoms with E-state index in [-0.39, 0.29) is 21.1 Å². The average molecular weight is 294 g/mol. The molecule has 1 aromatic carbocycles. The number of methoxy groups -OCH3 is 1. The van der Waals surface area contributed by atoms with E-state index >= 15 is 0 Å². The zero-order valence-corrected chi connectivity index (χ0v) is 10.6. The molecule has 5 heteroatoms. The fourth-order valence-electron chi connectivity index (χ4n) is 0.557. The van der Waals surface area contributed by atoms with Crippen LogP contribution in [0.5, 0.6) is 5.75 Å². The molecule has 0 aliphatic heterocycles. The molecule has 84 valence electrons. The van der Waals surface area contributed by atoms with Crippen molar-refractivity contribution in [2.75, 3.05) is 7.11 Å². The molecule has 0 amide bonds. The molecule has 0 aromatic heterocycles. The van der Waals surface area contributed by atoms with Crippen molar-refractivity contribution >= 4 is 20.4 Å². The van der Waals surface area contributed by atoms with E-state index < -0.39 is 0 Å². The van der Waals surface area contributed by atoms with Gasteiger partial charge in [-0.15, -0.1) is 0 Å². The summed E-state index contributed by atoms with van der Waals surface area (Å²) in [6.45, 7) is 6.00. The van der Waals surface area contributed by atoms with Crippen LogP contribution in [-0.2, 0) is 35.4 Å². The van der Waals surface area contributed by atoms with Gasteiger partial charge in [-0.2, -0.15) is 0 Å². The zero-order chi connectivity index (χ0) is 11.8. The molecule has 0 aliphatic carbocycles. The number of ether oxygens (including phenoxy) is 1. The van der Waals surface area contributed by atoms with Crippen LogP contribution in [0, 0.1) is 0 Å². The predicted octanol–water partition coefficient (Wildman–Crippen LogP) is 1.14. The third-order valence-corrected chi connectivity index (χ3v) is 0.979. The van der Waals surface area contributed by atoms with Gasteiger partial charge in [0, 0.05) is 21.1 Å². The van der Waals surface area contributed by atoms with Crippen molar-refractivity contribution in [1.82, 2.24) is 0 Å². The van der Waals surface area contributed by atoms with Gasteiger partial charge in [0.1, 0.15) is 26.1 Å². The second-order valence-corrected chi connectivity index (χ2v) is 1.52. The quantitative estimate of drug-likeness (QED) is 0.729. The molecule has 0 fully saturated rings. The molecule has 1 aromatic rings. The van der Waals surface area contributed by atoms with Crippen molar-refractivity contribution in [2.45, 2.75) is 0 Å². The molecule has 0 aliphatic rings. The number of carbonyl (C=O) groups is 3. The monoisotopic (exact) mass is 296 g/mol. The van der Waals surface area contributed by atoms with Gasteiger partial charge < -0.3 is 19.1 Å². The van der Waals surface area contributed by atoms with Gasteiger partial charge in [0.15, 0.2) is 0 Å². The third kappa shape index (κ3) is 19.2. The van der Waals surface area contributed by atoms with E-state index in [0.29, 0.717) is 0 Å². The normalized spacial score (nSPS) is 5.40. The Morgan fingerprint density at radius 1 is 0.867 bits per heavy atom. The van der Waals surface area contributed by atoms with Crippen molar-refractivity contribution < 1.29 is 40.2 Å². The molecule has 0 radical (unpaired) electrons. The van der Waals surface area contributed by atoms with Crippen LogP contribution in [0.2, 0.25) is 0 Å². The molecule has 0 bridgehead atoms. The van der Waals surface area contributed by atoms with E-state index in [1.807, 2.05) is 50.7 Å². The summed E-state index contributed by atoms with van der Waals surface area (Å²) in [5, 5.41) is 0. The van der Waals surface area contributed by atoms with Crippen LogP contribution in [0.15, 0.2) is 30.3 Å².